The summed E-state index contributed by atoms with van der Waals surface area (Å²) in [6.07, 6.45) is 1.21. The normalized spacial score (nSPS) is 12.8. The molecule has 0 fully saturated rings. The molecule has 0 bridgehead atoms. The van der Waals surface area contributed by atoms with Gasteiger partial charge in [0.25, 0.3) is 10.0 Å². The van der Waals surface area contributed by atoms with Crippen molar-refractivity contribution in [3.8, 4) is 0 Å². The summed E-state index contributed by atoms with van der Waals surface area (Å²) in [7, 11) is -3.80. The lowest BCUT2D eigenvalue weighted by molar-refractivity contribution is -0.115. The van der Waals surface area contributed by atoms with Crippen molar-refractivity contribution in [2.75, 3.05) is 5.32 Å². The number of carbonyl (C=O) groups excluding carboxylic acids is 1. The van der Waals surface area contributed by atoms with Crippen LogP contribution in [0.4, 0.5) is 5.13 Å². The minimum Gasteiger partial charge on any atom is -0.301 e. The average Bonchev–Trinajstić information content (AvgIpc) is 3.03. The molecule has 0 aliphatic heterocycles. The number of aryl methyl sites for hydroxylation is 1. The quantitative estimate of drug-likeness (QED) is 0.731. The Morgan fingerprint density at radius 3 is 2.46 bits per heavy atom. The molecule has 7 nitrogen and oxygen atoms in total. The van der Waals surface area contributed by atoms with Crippen molar-refractivity contribution < 1.29 is 13.2 Å². The van der Waals surface area contributed by atoms with E-state index >= 15 is 0 Å². The zero-order valence-corrected chi connectivity index (χ0v) is 15.4. The first-order valence-electron chi connectivity index (χ1n) is 7.60. The predicted molar refractivity (Wildman–Crippen MR) is 93.4 cm³/mol. The van der Waals surface area contributed by atoms with Gasteiger partial charge in [-0.1, -0.05) is 49.4 Å². The van der Waals surface area contributed by atoms with Crippen molar-refractivity contribution in [2.24, 2.45) is 0 Å². The second kappa shape index (κ2) is 7.82. The van der Waals surface area contributed by atoms with Crippen molar-refractivity contribution in [1.82, 2.24) is 14.9 Å². The van der Waals surface area contributed by atoms with Crippen molar-refractivity contribution >= 4 is 32.4 Å². The molecule has 0 aliphatic rings. The molecule has 1 aromatic heterocycles. The summed E-state index contributed by atoms with van der Waals surface area (Å²) in [4.78, 5) is 11.3. The minimum absolute atomic E-state index is 0.169. The lowest BCUT2D eigenvalue weighted by Crippen LogP contribution is -2.26. The zero-order chi connectivity index (χ0) is 17.7. The molecule has 0 aliphatic carbocycles. The molecule has 2 aromatic rings. The van der Waals surface area contributed by atoms with Crippen LogP contribution < -0.4 is 10.0 Å². The summed E-state index contributed by atoms with van der Waals surface area (Å²) in [5.41, 5.74) is 2.05. The van der Waals surface area contributed by atoms with Gasteiger partial charge in [0.2, 0.25) is 15.4 Å². The highest BCUT2D eigenvalue weighted by molar-refractivity contribution is 7.91. The van der Waals surface area contributed by atoms with E-state index < -0.39 is 16.1 Å². The molecule has 24 heavy (non-hydrogen) atoms. The molecular weight excluding hydrogens is 348 g/mol. The maximum absolute atomic E-state index is 12.4. The Kier molecular flexibility index (Phi) is 6.03. The van der Waals surface area contributed by atoms with Crippen molar-refractivity contribution in [1.29, 1.82) is 0 Å². The standard InChI is InChI=1S/C15H20N4O3S2/c1-4-11-6-8-12(9-7-11)10(3)19-24(21,22)15-18-17-14(23-15)16-13(20)5-2/h6-10,19H,4-5H2,1-3H3,(H,16,17,20). The van der Waals surface area contributed by atoms with Crippen LogP contribution in [0.15, 0.2) is 28.6 Å². The van der Waals surface area contributed by atoms with Crippen molar-refractivity contribution in [3.05, 3.63) is 35.4 Å². The number of hydrogen-bond acceptors (Lipinski definition) is 6. The highest BCUT2D eigenvalue weighted by Gasteiger charge is 2.23. The van der Waals surface area contributed by atoms with Crippen LogP contribution in [0.1, 0.15) is 44.4 Å². The molecule has 1 atom stereocenters. The van der Waals surface area contributed by atoms with E-state index in [0.717, 1.165) is 23.3 Å². The van der Waals surface area contributed by atoms with Crippen molar-refractivity contribution in [2.45, 2.75) is 44.0 Å². The van der Waals surface area contributed by atoms with E-state index in [9.17, 15) is 13.2 Å². The number of aromatic nitrogens is 2. The van der Waals surface area contributed by atoms with Gasteiger partial charge in [-0.05, 0) is 24.5 Å². The monoisotopic (exact) mass is 368 g/mol. The smallest absolute Gasteiger partial charge is 0.270 e. The molecule has 0 spiro atoms. The summed E-state index contributed by atoms with van der Waals surface area (Å²) in [5.74, 6) is -0.243. The predicted octanol–water partition coefficient (Wildman–Crippen LogP) is 2.49. The molecule has 1 heterocycles. The van der Waals surface area contributed by atoms with E-state index in [1.54, 1.807) is 13.8 Å². The lowest BCUT2D eigenvalue weighted by atomic mass is 10.1. The molecule has 9 heteroatoms. The number of amides is 1. The Morgan fingerprint density at radius 1 is 1.21 bits per heavy atom. The van der Waals surface area contributed by atoms with Gasteiger partial charge < -0.3 is 5.32 Å². The fourth-order valence-electron chi connectivity index (χ4n) is 1.97. The molecule has 0 saturated heterocycles. The first kappa shape index (κ1) is 18.5. The maximum atomic E-state index is 12.4. The Hall–Kier alpha value is -1.84. The van der Waals surface area contributed by atoms with Gasteiger partial charge in [0.15, 0.2) is 0 Å². The zero-order valence-electron chi connectivity index (χ0n) is 13.7. The molecule has 1 aromatic carbocycles. The van der Waals surface area contributed by atoms with Gasteiger partial charge >= 0.3 is 0 Å². The lowest BCUT2D eigenvalue weighted by Gasteiger charge is -2.13. The summed E-state index contributed by atoms with van der Waals surface area (Å²) in [5, 5.41) is 10.0. The first-order chi connectivity index (χ1) is 11.4. The Bertz CT molecular complexity index is 800. The van der Waals surface area contributed by atoms with Crippen LogP contribution in [-0.4, -0.2) is 24.5 Å². The van der Waals surface area contributed by atoms with E-state index in [1.807, 2.05) is 24.3 Å². The second-order valence-electron chi connectivity index (χ2n) is 5.21. The van der Waals surface area contributed by atoms with Crippen LogP contribution in [0, 0.1) is 0 Å². The summed E-state index contributed by atoms with van der Waals surface area (Å²) >= 11 is 0.822. The number of carbonyl (C=O) groups is 1. The fraction of sp³-hybridized carbons (Fsp3) is 0.400. The number of nitrogens with one attached hydrogen (secondary N) is 2. The minimum atomic E-state index is -3.80. The molecule has 1 amide bonds. The largest absolute Gasteiger partial charge is 0.301 e. The summed E-state index contributed by atoms with van der Waals surface area (Å²) in [6.45, 7) is 5.52. The summed E-state index contributed by atoms with van der Waals surface area (Å²) < 4.78 is 27.2. The Morgan fingerprint density at radius 2 is 1.88 bits per heavy atom. The molecule has 130 valence electrons. The van der Waals surface area contributed by atoms with Gasteiger partial charge in [-0.2, -0.15) is 0 Å². The van der Waals surface area contributed by atoms with E-state index in [-0.39, 0.29) is 21.8 Å². The van der Waals surface area contributed by atoms with Gasteiger partial charge in [-0.25, -0.2) is 13.1 Å². The topological polar surface area (TPSA) is 101 Å². The molecule has 0 saturated carbocycles. The third-order valence-electron chi connectivity index (χ3n) is 3.42. The Balaban J connectivity index is 2.10. The third-order valence-corrected chi connectivity index (χ3v) is 6.17. The second-order valence-corrected chi connectivity index (χ2v) is 8.08. The number of benzene rings is 1. The van der Waals surface area contributed by atoms with E-state index in [2.05, 4.69) is 27.2 Å². The fourth-order valence-corrected chi connectivity index (χ4v) is 4.13. The third kappa shape index (κ3) is 4.59. The van der Waals surface area contributed by atoms with E-state index in [4.69, 9.17) is 0 Å². The van der Waals surface area contributed by atoms with Gasteiger partial charge in [-0.15, -0.1) is 10.2 Å². The molecule has 0 radical (unpaired) electrons. The SMILES string of the molecule is CCC(=O)Nc1nnc(S(=O)(=O)NC(C)c2ccc(CC)cc2)s1. The van der Waals surface area contributed by atoms with Gasteiger partial charge in [0.1, 0.15) is 0 Å². The molecule has 1 unspecified atom stereocenters. The van der Waals surface area contributed by atoms with Crippen molar-refractivity contribution in [3.63, 3.8) is 0 Å². The van der Waals surface area contributed by atoms with E-state index in [1.165, 1.54) is 5.56 Å². The number of rotatable bonds is 7. The maximum Gasteiger partial charge on any atom is 0.270 e. The van der Waals surface area contributed by atoms with Gasteiger partial charge in [0, 0.05) is 12.5 Å². The number of sulfonamides is 1. The van der Waals surface area contributed by atoms with Gasteiger partial charge in [0.05, 0.1) is 0 Å². The van der Waals surface area contributed by atoms with Crippen LogP contribution in [0.5, 0.6) is 0 Å². The first-order valence-corrected chi connectivity index (χ1v) is 9.90. The van der Waals surface area contributed by atoms with Crippen LogP contribution in [0.2, 0.25) is 0 Å². The number of nitrogens with zero attached hydrogens (tertiary/aromatic N) is 2. The van der Waals surface area contributed by atoms with Crippen LogP contribution in [0.3, 0.4) is 0 Å². The highest BCUT2D eigenvalue weighted by Crippen LogP contribution is 2.22. The number of anilines is 1. The number of hydrogen-bond donors (Lipinski definition) is 2. The van der Waals surface area contributed by atoms with Crippen LogP contribution in [0.25, 0.3) is 0 Å². The molecular formula is C15H20N4O3S2. The highest BCUT2D eigenvalue weighted by atomic mass is 32.2. The van der Waals surface area contributed by atoms with E-state index in [0.29, 0.717) is 0 Å². The van der Waals surface area contributed by atoms with Crippen LogP contribution in [-0.2, 0) is 21.2 Å². The summed E-state index contributed by atoms with van der Waals surface area (Å²) in [6, 6.07) is 7.35. The van der Waals surface area contributed by atoms with Gasteiger partial charge in [-0.3, -0.25) is 4.79 Å². The Labute approximate surface area is 145 Å². The molecule has 2 N–H and O–H groups in total. The average molecular weight is 368 g/mol. The van der Waals surface area contributed by atoms with Crippen LogP contribution >= 0.6 is 11.3 Å². The molecule has 2 rings (SSSR count).